The Bertz CT molecular complexity index is 678. The summed E-state index contributed by atoms with van der Waals surface area (Å²) in [5.74, 6) is 1.49. The van der Waals surface area contributed by atoms with Crippen molar-refractivity contribution in [2.75, 3.05) is 25.9 Å². The largest absolute Gasteiger partial charge is 0.355 e. The van der Waals surface area contributed by atoms with Crippen LogP contribution in [0, 0.1) is 5.92 Å². The Hall–Kier alpha value is -0.870. The van der Waals surface area contributed by atoms with E-state index in [4.69, 9.17) is 0 Å². The fourth-order valence-electron chi connectivity index (χ4n) is 2.90. The maximum atomic E-state index is 12.0. The van der Waals surface area contributed by atoms with Gasteiger partial charge in [-0.2, -0.15) is 0 Å². The van der Waals surface area contributed by atoms with E-state index < -0.39 is 10.0 Å². The maximum absolute atomic E-state index is 12.0. The predicted octanol–water partition coefficient (Wildman–Crippen LogP) is 2.68. The molecule has 6 nitrogen and oxygen atoms in total. The summed E-state index contributed by atoms with van der Waals surface area (Å²) in [6.07, 6.45) is 3.49. The highest BCUT2D eigenvalue weighted by Gasteiger charge is 2.20. The van der Waals surface area contributed by atoms with Gasteiger partial charge in [-0.3, -0.25) is 4.99 Å². The molecule has 1 fully saturated rings. The van der Waals surface area contributed by atoms with E-state index in [9.17, 15) is 8.42 Å². The SMILES string of the molecule is CN=C(NCCS(=O)(=O)NCC1CCC1)NC(C)C(C)c1ccccc1.I. The van der Waals surface area contributed by atoms with Crippen LogP contribution in [0.4, 0.5) is 0 Å². The summed E-state index contributed by atoms with van der Waals surface area (Å²) in [6.45, 7) is 5.16. The average Bonchev–Trinajstić information content (AvgIpc) is 2.59. The van der Waals surface area contributed by atoms with Crippen molar-refractivity contribution in [3.63, 3.8) is 0 Å². The first-order valence-electron chi connectivity index (χ1n) is 9.40. The molecule has 1 aliphatic carbocycles. The molecule has 1 aliphatic rings. The summed E-state index contributed by atoms with van der Waals surface area (Å²) in [6, 6.07) is 10.5. The molecular formula is C19H33IN4O2S. The smallest absolute Gasteiger partial charge is 0.213 e. The monoisotopic (exact) mass is 508 g/mol. The van der Waals surface area contributed by atoms with Crippen molar-refractivity contribution in [3.8, 4) is 0 Å². The van der Waals surface area contributed by atoms with Gasteiger partial charge in [0, 0.05) is 32.1 Å². The van der Waals surface area contributed by atoms with Gasteiger partial charge in [-0.25, -0.2) is 13.1 Å². The molecule has 0 radical (unpaired) electrons. The fourth-order valence-corrected chi connectivity index (χ4v) is 3.90. The summed E-state index contributed by atoms with van der Waals surface area (Å²) < 4.78 is 26.8. The number of hydrogen-bond acceptors (Lipinski definition) is 3. The Kier molecular flexibility index (Phi) is 10.6. The first-order valence-corrected chi connectivity index (χ1v) is 11.1. The molecule has 3 N–H and O–H groups in total. The minimum absolute atomic E-state index is 0. The lowest BCUT2D eigenvalue weighted by Gasteiger charge is -2.25. The molecule has 27 heavy (non-hydrogen) atoms. The molecule has 0 aliphatic heterocycles. The second-order valence-electron chi connectivity index (χ2n) is 7.10. The third kappa shape index (κ3) is 8.35. The summed E-state index contributed by atoms with van der Waals surface area (Å²) in [5, 5.41) is 6.44. The Morgan fingerprint density at radius 2 is 1.89 bits per heavy atom. The van der Waals surface area contributed by atoms with Crippen LogP contribution < -0.4 is 15.4 Å². The molecule has 0 saturated heterocycles. The van der Waals surface area contributed by atoms with E-state index >= 15 is 0 Å². The normalized spacial score (nSPS) is 17.4. The second-order valence-corrected chi connectivity index (χ2v) is 9.02. The lowest BCUT2D eigenvalue weighted by Crippen LogP contribution is -2.46. The summed E-state index contributed by atoms with van der Waals surface area (Å²) in [4.78, 5) is 4.20. The van der Waals surface area contributed by atoms with Crippen molar-refractivity contribution >= 4 is 40.0 Å². The molecule has 2 rings (SSSR count). The van der Waals surface area contributed by atoms with E-state index in [1.54, 1.807) is 7.05 Å². The topological polar surface area (TPSA) is 82.6 Å². The summed E-state index contributed by atoms with van der Waals surface area (Å²) in [7, 11) is -1.55. The van der Waals surface area contributed by atoms with Crippen LogP contribution >= 0.6 is 24.0 Å². The third-order valence-electron chi connectivity index (χ3n) is 5.14. The van der Waals surface area contributed by atoms with Gasteiger partial charge in [-0.15, -0.1) is 24.0 Å². The number of halogens is 1. The maximum Gasteiger partial charge on any atom is 0.213 e. The van der Waals surface area contributed by atoms with Crippen LogP contribution in [0.3, 0.4) is 0 Å². The number of guanidine groups is 1. The van der Waals surface area contributed by atoms with Crippen LogP contribution in [0.1, 0.15) is 44.6 Å². The highest BCUT2D eigenvalue weighted by atomic mass is 127. The Balaban J connectivity index is 0.00000364. The lowest BCUT2D eigenvalue weighted by molar-refractivity contribution is 0.316. The second kappa shape index (κ2) is 11.9. The highest BCUT2D eigenvalue weighted by Crippen LogP contribution is 2.25. The number of benzene rings is 1. The van der Waals surface area contributed by atoms with Gasteiger partial charge in [0.15, 0.2) is 5.96 Å². The molecule has 2 unspecified atom stereocenters. The van der Waals surface area contributed by atoms with E-state index in [0.717, 1.165) is 12.8 Å². The molecule has 0 heterocycles. The van der Waals surface area contributed by atoms with Crippen molar-refractivity contribution in [1.29, 1.82) is 0 Å². The number of rotatable bonds is 9. The minimum Gasteiger partial charge on any atom is -0.355 e. The average molecular weight is 508 g/mol. The molecular weight excluding hydrogens is 475 g/mol. The third-order valence-corrected chi connectivity index (χ3v) is 6.49. The Labute approximate surface area is 181 Å². The van der Waals surface area contributed by atoms with Crippen LogP contribution in [0.2, 0.25) is 0 Å². The molecule has 1 saturated carbocycles. The van der Waals surface area contributed by atoms with E-state index in [-0.39, 0.29) is 35.8 Å². The number of sulfonamides is 1. The number of aliphatic imine (C=N–C) groups is 1. The van der Waals surface area contributed by atoms with E-state index in [1.165, 1.54) is 12.0 Å². The van der Waals surface area contributed by atoms with Gasteiger partial charge in [0.2, 0.25) is 10.0 Å². The van der Waals surface area contributed by atoms with E-state index in [0.29, 0.717) is 30.9 Å². The zero-order valence-electron chi connectivity index (χ0n) is 16.4. The summed E-state index contributed by atoms with van der Waals surface area (Å²) >= 11 is 0. The molecule has 1 aromatic rings. The van der Waals surface area contributed by atoms with Gasteiger partial charge < -0.3 is 10.6 Å². The van der Waals surface area contributed by atoms with E-state index in [1.807, 2.05) is 18.2 Å². The lowest BCUT2D eigenvalue weighted by atomic mass is 9.86. The molecule has 0 bridgehead atoms. The van der Waals surface area contributed by atoms with Crippen molar-refractivity contribution < 1.29 is 8.42 Å². The number of nitrogens with one attached hydrogen (secondary N) is 3. The summed E-state index contributed by atoms with van der Waals surface area (Å²) in [5.41, 5.74) is 1.26. The van der Waals surface area contributed by atoms with Crippen molar-refractivity contribution in [2.45, 2.75) is 45.1 Å². The van der Waals surface area contributed by atoms with Crippen LogP contribution in [0.15, 0.2) is 35.3 Å². The molecule has 0 spiro atoms. The van der Waals surface area contributed by atoms with Crippen molar-refractivity contribution in [1.82, 2.24) is 15.4 Å². The zero-order valence-corrected chi connectivity index (χ0v) is 19.6. The number of nitrogens with zero attached hydrogens (tertiary/aromatic N) is 1. The zero-order chi connectivity index (χ0) is 19.0. The molecule has 1 aromatic carbocycles. The molecule has 0 amide bonds. The molecule has 0 aromatic heterocycles. The van der Waals surface area contributed by atoms with Gasteiger partial charge in [-0.05, 0) is 31.2 Å². The van der Waals surface area contributed by atoms with Crippen molar-refractivity contribution in [3.05, 3.63) is 35.9 Å². The first kappa shape index (κ1) is 24.2. The minimum atomic E-state index is -3.24. The molecule has 2 atom stereocenters. The first-order chi connectivity index (χ1) is 12.4. The predicted molar refractivity (Wildman–Crippen MR) is 123 cm³/mol. The molecule has 154 valence electrons. The van der Waals surface area contributed by atoms with Gasteiger partial charge in [0.05, 0.1) is 5.75 Å². The van der Waals surface area contributed by atoms with Crippen LogP contribution in [-0.4, -0.2) is 46.3 Å². The van der Waals surface area contributed by atoms with E-state index in [2.05, 4.69) is 46.3 Å². The quantitative estimate of drug-likeness (QED) is 0.272. The molecule has 8 heteroatoms. The van der Waals surface area contributed by atoms with Crippen molar-refractivity contribution in [2.24, 2.45) is 10.9 Å². The highest BCUT2D eigenvalue weighted by molar-refractivity contribution is 14.0. The van der Waals surface area contributed by atoms with Gasteiger partial charge >= 0.3 is 0 Å². The van der Waals surface area contributed by atoms with Crippen LogP contribution in [-0.2, 0) is 10.0 Å². The van der Waals surface area contributed by atoms with Crippen LogP contribution in [0.5, 0.6) is 0 Å². The van der Waals surface area contributed by atoms with Gasteiger partial charge in [0.1, 0.15) is 0 Å². The Morgan fingerprint density at radius 3 is 2.44 bits per heavy atom. The van der Waals surface area contributed by atoms with Gasteiger partial charge in [-0.1, -0.05) is 43.7 Å². The van der Waals surface area contributed by atoms with Gasteiger partial charge in [0.25, 0.3) is 0 Å². The standard InChI is InChI=1S/C19H32N4O2S.HI/c1-15(18-10-5-4-6-11-18)16(2)23-19(20-3)21-12-13-26(24,25)22-14-17-8-7-9-17;/h4-6,10-11,15-17,22H,7-9,12-14H2,1-3H3,(H2,20,21,23);1H. The fraction of sp³-hybridized carbons (Fsp3) is 0.632. The number of hydrogen-bond donors (Lipinski definition) is 3. The Morgan fingerprint density at radius 1 is 1.22 bits per heavy atom. The van der Waals surface area contributed by atoms with Crippen LogP contribution in [0.25, 0.3) is 0 Å².